The van der Waals surface area contributed by atoms with Crippen LogP contribution in [0, 0.1) is 11.3 Å². The molecule has 3 aliphatic rings. The van der Waals surface area contributed by atoms with Crippen LogP contribution in [0.4, 0.5) is 11.6 Å². The Morgan fingerprint density at radius 3 is 2.30 bits per heavy atom. The van der Waals surface area contributed by atoms with Crippen molar-refractivity contribution < 1.29 is 5.11 Å². The summed E-state index contributed by atoms with van der Waals surface area (Å²) in [5, 5.41) is 10.1. The van der Waals surface area contributed by atoms with Gasteiger partial charge < -0.3 is 14.9 Å². The zero-order valence-corrected chi connectivity index (χ0v) is 14.0. The van der Waals surface area contributed by atoms with Crippen molar-refractivity contribution in [3.63, 3.8) is 0 Å². The summed E-state index contributed by atoms with van der Waals surface area (Å²) >= 11 is 0. The average molecular weight is 316 g/mol. The first kappa shape index (κ1) is 15.2. The van der Waals surface area contributed by atoms with E-state index in [1.54, 1.807) is 0 Å². The molecule has 1 aromatic rings. The molecule has 2 aliphatic heterocycles. The average Bonchev–Trinajstić information content (AvgIpc) is 3.24. The topological polar surface area (TPSA) is 52.5 Å². The smallest absolute Gasteiger partial charge is 0.172 e. The standard InChI is InChI=1S/C18H28N4O/c23-14-18(12-15-4-5-15)6-3-11-22(13-18)17-16(19-7-8-20-17)21-9-1-2-10-21/h7-8,15,23H,1-6,9-14H2. The van der Waals surface area contributed by atoms with Crippen LogP contribution >= 0.6 is 0 Å². The highest BCUT2D eigenvalue weighted by atomic mass is 16.3. The summed E-state index contributed by atoms with van der Waals surface area (Å²) in [5.41, 5.74) is 0.0687. The Labute approximate surface area is 138 Å². The molecule has 2 saturated heterocycles. The molecule has 23 heavy (non-hydrogen) atoms. The van der Waals surface area contributed by atoms with E-state index in [-0.39, 0.29) is 5.41 Å². The lowest BCUT2D eigenvalue weighted by Gasteiger charge is -2.43. The van der Waals surface area contributed by atoms with Crippen molar-refractivity contribution in [2.24, 2.45) is 11.3 Å². The first-order valence-corrected chi connectivity index (χ1v) is 9.21. The van der Waals surface area contributed by atoms with Crippen LogP contribution in [0.25, 0.3) is 0 Å². The second kappa shape index (κ2) is 6.27. The summed E-state index contributed by atoms with van der Waals surface area (Å²) in [6.45, 7) is 4.45. The van der Waals surface area contributed by atoms with Crippen molar-refractivity contribution in [1.29, 1.82) is 0 Å². The molecule has 0 spiro atoms. The maximum atomic E-state index is 10.1. The molecule has 1 atom stereocenters. The summed E-state index contributed by atoms with van der Waals surface area (Å²) in [6.07, 6.45) is 12.3. The number of hydrogen-bond donors (Lipinski definition) is 1. The van der Waals surface area contributed by atoms with Crippen molar-refractivity contribution in [2.45, 2.75) is 44.9 Å². The van der Waals surface area contributed by atoms with Gasteiger partial charge in [-0.25, -0.2) is 9.97 Å². The summed E-state index contributed by atoms with van der Waals surface area (Å²) in [4.78, 5) is 14.1. The molecule has 0 aromatic carbocycles. The monoisotopic (exact) mass is 316 g/mol. The number of hydrogen-bond acceptors (Lipinski definition) is 5. The van der Waals surface area contributed by atoms with E-state index in [0.29, 0.717) is 6.61 Å². The van der Waals surface area contributed by atoms with Crippen molar-refractivity contribution in [3.05, 3.63) is 12.4 Å². The molecule has 3 heterocycles. The number of anilines is 2. The summed E-state index contributed by atoms with van der Waals surface area (Å²) in [5.74, 6) is 2.93. The fourth-order valence-electron chi connectivity index (χ4n) is 4.38. The number of aromatic nitrogens is 2. The molecule has 5 heteroatoms. The van der Waals surface area contributed by atoms with E-state index in [1.165, 1.54) is 32.1 Å². The van der Waals surface area contributed by atoms with E-state index in [0.717, 1.165) is 56.6 Å². The zero-order chi connectivity index (χ0) is 15.7. The molecule has 5 nitrogen and oxygen atoms in total. The van der Waals surface area contributed by atoms with E-state index in [9.17, 15) is 5.11 Å². The maximum Gasteiger partial charge on any atom is 0.172 e. The van der Waals surface area contributed by atoms with Gasteiger partial charge in [-0.2, -0.15) is 0 Å². The highest BCUT2D eigenvalue weighted by molar-refractivity contribution is 5.63. The first-order valence-electron chi connectivity index (χ1n) is 9.21. The van der Waals surface area contributed by atoms with Crippen LogP contribution < -0.4 is 9.80 Å². The molecule has 1 unspecified atom stereocenters. The Morgan fingerprint density at radius 1 is 1.00 bits per heavy atom. The van der Waals surface area contributed by atoms with Crippen molar-refractivity contribution in [2.75, 3.05) is 42.6 Å². The number of rotatable bonds is 5. The lowest BCUT2D eigenvalue weighted by atomic mass is 9.76. The minimum absolute atomic E-state index is 0.0687. The van der Waals surface area contributed by atoms with E-state index in [1.807, 2.05) is 12.4 Å². The van der Waals surface area contributed by atoms with Crippen LogP contribution in [0.2, 0.25) is 0 Å². The summed E-state index contributed by atoms with van der Waals surface area (Å²) in [7, 11) is 0. The minimum atomic E-state index is 0.0687. The predicted molar refractivity (Wildman–Crippen MR) is 91.8 cm³/mol. The van der Waals surface area contributed by atoms with Gasteiger partial charge in [0.25, 0.3) is 0 Å². The largest absolute Gasteiger partial charge is 0.396 e. The molecule has 126 valence electrons. The molecule has 0 radical (unpaired) electrons. The van der Waals surface area contributed by atoms with E-state index < -0.39 is 0 Å². The van der Waals surface area contributed by atoms with E-state index in [2.05, 4.69) is 19.8 Å². The quantitative estimate of drug-likeness (QED) is 0.904. The van der Waals surface area contributed by atoms with Crippen LogP contribution in [0.15, 0.2) is 12.4 Å². The second-order valence-corrected chi connectivity index (χ2v) is 7.73. The summed E-state index contributed by atoms with van der Waals surface area (Å²) < 4.78 is 0. The normalized spacial score (nSPS) is 28.4. The van der Waals surface area contributed by atoms with Gasteiger partial charge in [-0.15, -0.1) is 0 Å². The molecule has 3 fully saturated rings. The molecule has 1 saturated carbocycles. The van der Waals surface area contributed by atoms with Crippen molar-refractivity contribution >= 4 is 11.6 Å². The van der Waals surface area contributed by atoms with E-state index in [4.69, 9.17) is 0 Å². The Kier molecular flexibility index (Phi) is 4.14. The molecular weight excluding hydrogens is 288 g/mol. The number of aliphatic hydroxyl groups excluding tert-OH is 1. The molecule has 1 aliphatic carbocycles. The lowest BCUT2D eigenvalue weighted by molar-refractivity contribution is 0.0901. The first-order chi connectivity index (χ1) is 11.3. The van der Waals surface area contributed by atoms with Crippen LogP contribution in [-0.4, -0.2) is 47.9 Å². The van der Waals surface area contributed by atoms with Gasteiger partial charge in [0, 0.05) is 44.0 Å². The van der Waals surface area contributed by atoms with Gasteiger partial charge in [0.15, 0.2) is 11.6 Å². The Bertz CT molecular complexity index is 542. The number of aliphatic hydroxyl groups is 1. The predicted octanol–water partition coefficient (Wildman–Crippen LogP) is 2.46. The molecule has 1 aromatic heterocycles. The van der Waals surface area contributed by atoms with Crippen molar-refractivity contribution in [3.8, 4) is 0 Å². The molecule has 0 amide bonds. The Balaban J connectivity index is 1.57. The fourth-order valence-corrected chi connectivity index (χ4v) is 4.38. The highest BCUT2D eigenvalue weighted by Gasteiger charge is 2.40. The molecule has 4 rings (SSSR count). The van der Waals surface area contributed by atoms with Crippen LogP contribution in [0.1, 0.15) is 44.9 Å². The van der Waals surface area contributed by atoms with Gasteiger partial charge in [-0.1, -0.05) is 12.8 Å². The number of nitrogens with zero attached hydrogens (tertiary/aromatic N) is 4. The fraction of sp³-hybridized carbons (Fsp3) is 0.778. The molecular formula is C18H28N4O. The van der Waals surface area contributed by atoms with Gasteiger partial charge in [0.05, 0.1) is 6.61 Å². The highest BCUT2D eigenvalue weighted by Crippen LogP contribution is 2.45. The lowest BCUT2D eigenvalue weighted by Crippen LogP contribution is -2.46. The third kappa shape index (κ3) is 3.16. The maximum absolute atomic E-state index is 10.1. The number of piperidine rings is 1. The summed E-state index contributed by atoms with van der Waals surface area (Å²) in [6, 6.07) is 0. The van der Waals surface area contributed by atoms with Gasteiger partial charge in [-0.05, 0) is 38.0 Å². The minimum Gasteiger partial charge on any atom is -0.396 e. The van der Waals surface area contributed by atoms with Gasteiger partial charge in [0.2, 0.25) is 0 Å². The van der Waals surface area contributed by atoms with Crippen molar-refractivity contribution in [1.82, 2.24) is 9.97 Å². The molecule has 1 N–H and O–H groups in total. The second-order valence-electron chi connectivity index (χ2n) is 7.73. The van der Waals surface area contributed by atoms with Crippen LogP contribution in [0.5, 0.6) is 0 Å². The SMILES string of the molecule is OCC1(CC2CC2)CCCN(c2nccnc2N2CCCC2)C1. The van der Waals surface area contributed by atoms with E-state index >= 15 is 0 Å². The Morgan fingerprint density at radius 2 is 1.65 bits per heavy atom. The van der Waals surface area contributed by atoms with Gasteiger partial charge >= 0.3 is 0 Å². The third-order valence-corrected chi connectivity index (χ3v) is 5.78. The van der Waals surface area contributed by atoms with Crippen LogP contribution in [0.3, 0.4) is 0 Å². The Hall–Kier alpha value is -1.36. The van der Waals surface area contributed by atoms with Gasteiger partial charge in [0.1, 0.15) is 0 Å². The molecule has 0 bridgehead atoms. The van der Waals surface area contributed by atoms with Crippen LogP contribution in [-0.2, 0) is 0 Å². The zero-order valence-electron chi connectivity index (χ0n) is 14.0. The third-order valence-electron chi connectivity index (χ3n) is 5.78. The van der Waals surface area contributed by atoms with Gasteiger partial charge in [-0.3, -0.25) is 0 Å².